The lowest BCUT2D eigenvalue weighted by atomic mass is 10.0. The summed E-state index contributed by atoms with van der Waals surface area (Å²) in [5, 5.41) is 0. The number of hydrogen-bond acceptors (Lipinski definition) is 4. The molecule has 0 atom stereocenters. The van der Waals surface area contributed by atoms with Crippen LogP contribution in [0.15, 0.2) is 48.5 Å². The maximum absolute atomic E-state index is 5.91. The third-order valence-corrected chi connectivity index (χ3v) is 4.72. The van der Waals surface area contributed by atoms with Gasteiger partial charge in [0.15, 0.2) is 17.5 Å². The minimum absolute atomic E-state index is 0.136. The monoisotopic (exact) mass is 495 g/mol. The Labute approximate surface area is 191 Å². The van der Waals surface area contributed by atoms with Crippen LogP contribution in [0.5, 0.6) is 5.75 Å². The molecule has 0 spiro atoms. The van der Waals surface area contributed by atoms with E-state index in [0.29, 0.717) is 5.56 Å². The van der Waals surface area contributed by atoms with Crippen molar-refractivity contribution in [3.05, 3.63) is 60.2 Å². The van der Waals surface area contributed by atoms with Crippen molar-refractivity contribution in [3.8, 4) is 28.3 Å². The number of halogens is 6. The maximum Gasteiger partial charge on any atom is 0.250 e. The summed E-state index contributed by atoms with van der Waals surface area (Å²) >= 11 is 35.5. The van der Waals surface area contributed by atoms with Crippen LogP contribution < -0.4 is 4.74 Å². The number of methoxy groups -OCH3 is 1. The smallest absolute Gasteiger partial charge is 0.250 e. The van der Waals surface area contributed by atoms with E-state index < -0.39 is 7.59 Å². The predicted octanol–water partition coefficient (Wildman–Crippen LogP) is 6.87. The molecule has 0 aliphatic heterocycles. The zero-order chi connectivity index (χ0) is 20.5. The molecule has 0 aliphatic carbocycles. The van der Waals surface area contributed by atoms with Crippen LogP contribution in [0.1, 0.15) is 11.6 Å². The van der Waals surface area contributed by atoms with Gasteiger partial charge in [0.2, 0.25) is 7.59 Å². The number of benzene rings is 2. The molecule has 0 aliphatic rings. The molecule has 1 heterocycles. The van der Waals surface area contributed by atoms with Crippen molar-refractivity contribution in [1.82, 2.24) is 15.0 Å². The molecule has 0 N–H and O–H groups in total. The number of rotatable bonds is 3. The van der Waals surface area contributed by atoms with Gasteiger partial charge < -0.3 is 4.74 Å². The highest BCUT2D eigenvalue weighted by Crippen LogP contribution is 2.40. The van der Waals surface area contributed by atoms with Gasteiger partial charge in [0, 0.05) is 5.56 Å². The van der Waals surface area contributed by atoms with Crippen molar-refractivity contribution >= 4 is 69.6 Å². The Morgan fingerprint density at radius 3 is 1.39 bits per heavy atom. The molecular formula is C18H11Cl6N3O. The molecule has 0 fully saturated rings. The minimum Gasteiger partial charge on any atom is -0.497 e. The van der Waals surface area contributed by atoms with Crippen LogP contribution in [0.4, 0.5) is 0 Å². The minimum atomic E-state index is -1.90. The highest BCUT2D eigenvalue weighted by atomic mass is 35.6. The van der Waals surface area contributed by atoms with Crippen LogP contribution in [0, 0.1) is 0 Å². The number of ether oxygens (including phenoxy) is 1. The van der Waals surface area contributed by atoms with Crippen LogP contribution in [0.2, 0.25) is 0 Å². The van der Waals surface area contributed by atoms with E-state index in [4.69, 9.17) is 74.3 Å². The lowest BCUT2D eigenvalue weighted by Crippen LogP contribution is -2.16. The number of aromatic nitrogens is 3. The van der Waals surface area contributed by atoms with Gasteiger partial charge >= 0.3 is 0 Å². The second kappa shape index (κ2) is 8.39. The van der Waals surface area contributed by atoms with Crippen LogP contribution in [0.3, 0.4) is 0 Å². The Balaban J connectivity index is 2.00. The van der Waals surface area contributed by atoms with Crippen molar-refractivity contribution in [1.29, 1.82) is 0 Å². The van der Waals surface area contributed by atoms with E-state index in [2.05, 4.69) is 15.0 Å². The highest BCUT2D eigenvalue weighted by Gasteiger charge is 2.34. The van der Waals surface area contributed by atoms with Gasteiger partial charge in [0.25, 0.3) is 0 Å². The summed E-state index contributed by atoms with van der Waals surface area (Å²) < 4.78 is 1.38. The molecule has 0 saturated heterocycles. The zero-order valence-electron chi connectivity index (χ0n) is 14.1. The molecule has 3 rings (SSSR count). The quantitative estimate of drug-likeness (QED) is 0.370. The third-order valence-electron chi connectivity index (χ3n) is 3.71. The van der Waals surface area contributed by atoms with Crippen molar-refractivity contribution in [3.63, 3.8) is 0 Å². The summed E-state index contributed by atoms with van der Waals surface area (Å²) in [6.07, 6.45) is 0. The summed E-state index contributed by atoms with van der Waals surface area (Å²) in [6, 6.07) is 15.1. The molecule has 28 heavy (non-hydrogen) atoms. The van der Waals surface area contributed by atoms with E-state index in [1.165, 1.54) is 0 Å². The molecule has 2 aromatic carbocycles. The Morgan fingerprint density at radius 2 is 1.00 bits per heavy atom. The fourth-order valence-electron chi connectivity index (χ4n) is 2.35. The number of hydrogen-bond donors (Lipinski definition) is 0. The summed E-state index contributed by atoms with van der Waals surface area (Å²) in [7, 11) is 1.62. The normalized spacial score (nSPS) is 12.1. The molecule has 3 aromatic rings. The Morgan fingerprint density at radius 1 is 0.607 bits per heavy atom. The van der Waals surface area contributed by atoms with E-state index in [-0.39, 0.29) is 17.5 Å². The average molecular weight is 498 g/mol. The van der Waals surface area contributed by atoms with E-state index >= 15 is 0 Å². The molecule has 10 heteroatoms. The first-order valence-corrected chi connectivity index (χ1v) is 10.00. The molecule has 4 nitrogen and oxygen atoms in total. The topological polar surface area (TPSA) is 47.9 Å². The lowest BCUT2D eigenvalue weighted by molar-refractivity contribution is 0.415. The van der Waals surface area contributed by atoms with Gasteiger partial charge in [0.1, 0.15) is 5.75 Å². The van der Waals surface area contributed by atoms with Gasteiger partial charge in [-0.05, 0) is 23.3 Å². The Bertz CT molecular complexity index is 934. The van der Waals surface area contributed by atoms with Crippen molar-refractivity contribution < 1.29 is 4.74 Å². The van der Waals surface area contributed by atoms with Crippen molar-refractivity contribution in [2.45, 2.75) is 7.59 Å². The summed E-state index contributed by atoms with van der Waals surface area (Å²) in [6.45, 7) is 0. The standard InChI is InChI=1S/C18H11Cl6N3O/c1-28-13-8-6-11(7-9-13)10-2-4-12(5-3-10)14-25-15(17(19,20)21)27-16(26-14)18(22,23)24/h2-9H,1H3. The largest absolute Gasteiger partial charge is 0.497 e. The average Bonchev–Trinajstić information content (AvgIpc) is 2.66. The summed E-state index contributed by atoms with van der Waals surface area (Å²) in [5.74, 6) is 0.731. The first-order chi connectivity index (χ1) is 13.1. The Kier molecular flexibility index (Phi) is 6.50. The van der Waals surface area contributed by atoms with Gasteiger partial charge in [-0.3, -0.25) is 0 Å². The second-order valence-electron chi connectivity index (χ2n) is 5.61. The fraction of sp³-hybridized carbons (Fsp3) is 0.167. The first kappa shape index (κ1) is 21.7. The predicted molar refractivity (Wildman–Crippen MR) is 116 cm³/mol. The summed E-state index contributed by atoms with van der Waals surface area (Å²) in [4.78, 5) is 12.4. The molecular weight excluding hydrogens is 487 g/mol. The van der Waals surface area contributed by atoms with Crippen LogP contribution in [-0.2, 0) is 7.59 Å². The van der Waals surface area contributed by atoms with Gasteiger partial charge in [-0.2, -0.15) is 0 Å². The molecule has 0 bridgehead atoms. The van der Waals surface area contributed by atoms with Crippen LogP contribution >= 0.6 is 69.6 Å². The fourth-order valence-corrected chi connectivity index (χ4v) is 2.86. The van der Waals surface area contributed by atoms with Crippen LogP contribution in [0.25, 0.3) is 22.5 Å². The van der Waals surface area contributed by atoms with Crippen LogP contribution in [-0.4, -0.2) is 22.1 Å². The number of nitrogens with zero attached hydrogens (tertiary/aromatic N) is 3. The lowest BCUT2D eigenvalue weighted by Gasteiger charge is -2.15. The molecule has 0 radical (unpaired) electrons. The van der Waals surface area contributed by atoms with Crippen molar-refractivity contribution in [2.24, 2.45) is 0 Å². The van der Waals surface area contributed by atoms with Gasteiger partial charge in [-0.1, -0.05) is 106 Å². The molecule has 1 aromatic heterocycles. The SMILES string of the molecule is COc1ccc(-c2ccc(-c3nc(C(Cl)(Cl)Cl)nc(C(Cl)(Cl)Cl)n3)cc2)cc1. The van der Waals surface area contributed by atoms with E-state index in [9.17, 15) is 0 Å². The number of alkyl halides is 6. The second-order valence-corrected chi connectivity index (χ2v) is 10.2. The van der Waals surface area contributed by atoms with Gasteiger partial charge in [-0.15, -0.1) is 0 Å². The van der Waals surface area contributed by atoms with Gasteiger partial charge in [0.05, 0.1) is 7.11 Å². The Hall–Kier alpha value is -1.01. The molecule has 0 amide bonds. The van der Waals surface area contributed by atoms with Crippen molar-refractivity contribution in [2.75, 3.05) is 7.11 Å². The zero-order valence-corrected chi connectivity index (χ0v) is 18.7. The highest BCUT2D eigenvalue weighted by molar-refractivity contribution is 6.67. The maximum atomic E-state index is 5.91. The molecule has 146 valence electrons. The van der Waals surface area contributed by atoms with Gasteiger partial charge in [-0.25, -0.2) is 15.0 Å². The molecule has 0 saturated carbocycles. The van der Waals surface area contributed by atoms with E-state index in [1.807, 2.05) is 48.5 Å². The van der Waals surface area contributed by atoms with E-state index in [0.717, 1.165) is 16.9 Å². The first-order valence-electron chi connectivity index (χ1n) is 7.73. The van der Waals surface area contributed by atoms with E-state index in [1.54, 1.807) is 7.11 Å². The third kappa shape index (κ3) is 5.12. The molecule has 0 unspecified atom stereocenters. The summed E-state index contributed by atoms with van der Waals surface area (Å²) in [5.41, 5.74) is 2.65.